The molecule has 0 amide bonds. The summed E-state index contributed by atoms with van der Waals surface area (Å²) in [6.07, 6.45) is 0. The number of thiophene rings is 1. The van der Waals surface area contributed by atoms with Crippen molar-refractivity contribution in [3.8, 4) is 5.75 Å². The van der Waals surface area contributed by atoms with Crippen molar-refractivity contribution < 1.29 is 9.66 Å². The molecular weight excluding hydrogens is 288 g/mol. The first-order valence-electron chi connectivity index (χ1n) is 6.26. The Balaban J connectivity index is 2.05. The number of rotatable bonds is 4. The third-order valence-electron chi connectivity index (χ3n) is 3.10. The van der Waals surface area contributed by atoms with Gasteiger partial charge in [-0.3, -0.25) is 10.1 Å². The lowest BCUT2D eigenvalue weighted by Gasteiger charge is -2.06. The molecule has 0 aliphatic rings. The first-order valence-corrected chi connectivity index (χ1v) is 7.07. The van der Waals surface area contributed by atoms with Gasteiger partial charge in [0.15, 0.2) is 0 Å². The van der Waals surface area contributed by atoms with Crippen molar-refractivity contribution in [2.45, 2.75) is 0 Å². The summed E-state index contributed by atoms with van der Waals surface area (Å²) in [4.78, 5) is 10.9. The Morgan fingerprint density at radius 3 is 2.52 bits per heavy atom. The number of nitrogens with one attached hydrogen (secondary N) is 1. The third-order valence-corrected chi connectivity index (χ3v) is 4.22. The number of ether oxygens (including phenoxy) is 1. The van der Waals surface area contributed by atoms with Gasteiger partial charge in [-0.05, 0) is 30.3 Å². The van der Waals surface area contributed by atoms with Crippen LogP contribution in [-0.2, 0) is 0 Å². The second-order valence-electron chi connectivity index (χ2n) is 4.39. The SMILES string of the molecule is COc1ccc(Nc2c([N+](=O)[O-])sc3ccccc23)cc1. The van der Waals surface area contributed by atoms with Crippen LogP contribution in [0.15, 0.2) is 48.5 Å². The van der Waals surface area contributed by atoms with Crippen LogP contribution in [0.1, 0.15) is 0 Å². The van der Waals surface area contributed by atoms with Gasteiger partial charge >= 0.3 is 5.00 Å². The van der Waals surface area contributed by atoms with E-state index in [-0.39, 0.29) is 9.92 Å². The van der Waals surface area contributed by atoms with Gasteiger partial charge in [0.05, 0.1) is 12.0 Å². The number of nitro groups is 1. The maximum atomic E-state index is 11.2. The highest BCUT2D eigenvalue weighted by atomic mass is 32.1. The van der Waals surface area contributed by atoms with Gasteiger partial charge in [-0.1, -0.05) is 29.5 Å². The lowest BCUT2D eigenvalue weighted by Crippen LogP contribution is -1.94. The van der Waals surface area contributed by atoms with Gasteiger partial charge in [0.25, 0.3) is 0 Å². The molecule has 1 N–H and O–H groups in total. The Morgan fingerprint density at radius 2 is 1.86 bits per heavy atom. The summed E-state index contributed by atoms with van der Waals surface area (Å²) in [7, 11) is 1.60. The van der Waals surface area contributed by atoms with Crippen LogP contribution < -0.4 is 10.1 Å². The second kappa shape index (κ2) is 5.41. The van der Waals surface area contributed by atoms with Crippen LogP contribution in [0.5, 0.6) is 5.75 Å². The van der Waals surface area contributed by atoms with Crippen molar-refractivity contribution >= 4 is 37.8 Å². The van der Waals surface area contributed by atoms with Crippen molar-refractivity contribution in [2.24, 2.45) is 0 Å². The van der Waals surface area contributed by atoms with E-state index in [1.165, 1.54) is 11.3 Å². The van der Waals surface area contributed by atoms with Gasteiger partial charge in [-0.25, -0.2) is 0 Å². The molecule has 0 saturated carbocycles. The summed E-state index contributed by atoms with van der Waals surface area (Å²) in [6, 6.07) is 14.8. The maximum absolute atomic E-state index is 11.2. The molecule has 1 aromatic heterocycles. The number of benzene rings is 2. The minimum atomic E-state index is -0.351. The van der Waals surface area contributed by atoms with E-state index in [0.29, 0.717) is 5.69 Å². The fourth-order valence-electron chi connectivity index (χ4n) is 2.10. The molecule has 106 valence electrons. The van der Waals surface area contributed by atoms with Crippen molar-refractivity contribution in [3.63, 3.8) is 0 Å². The van der Waals surface area contributed by atoms with Crippen molar-refractivity contribution in [1.29, 1.82) is 0 Å². The predicted octanol–water partition coefficient (Wildman–Crippen LogP) is 4.56. The molecule has 0 spiro atoms. The first-order chi connectivity index (χ1) is 10.2. The molecule has 0 radical (unpaired) electrons. The first kappa shape index (κ1) is 13.4. The normalized spacial score (nSPS) is 10.5. The van der Waals surface area contributed by atoms with Crippen LogP contribution in [0, 0.1) is 10.1 Å². The van der Waals surface area contributed by atoms with Gasteiger partial charge in [0.2, 0.25) is 0 Å². The highest BCUT2D eigenvalue weighted by Crippen LogP contribution is 2.42. The number of nitrogens with zero attached hydrogens (tertiary/aromatic N) is 1. The fraction of sp³-hybridized carbons (Fsp3) is 0.0667. The largest absolute Gasteiger partial charge is 0.497 e. The van der Waals surface area contributed by atoms with Crippen LogP contribution >= 0.6 is 11.3 Å². The number of fused-ring (bicyclic) bond motifs is 1. The van der Waals surface area contributed by atoms with Gasteiger partial charge < -0.3 is 10.1 Å². The summed E-state index contributed by atoms with van der Waals surface area (Å²) in [5, 5.41) is 15.3. The molecule has 0 saturated heterocycles. The summed E-state index contributed by atoms with van der Waals surface area (Å²) >= 11 is 1.17. The summed E-state index contributed by atoms with van der Waals surface area (Å²) in [5.74, 6) is 0.741. The van der Waals surface area contributed by atoms with Gasteiger partial charge in [-0.2, -0.15) is 0 Å². The molecule has 0 unspecified atom stereocenters. The molecule has 0 aliphatic carbocycles. The van der Waals surface area contributed by atoms with E-state index in [9.17, 15) is 10.1 Å². The highest BCUT2D eigenvalue weighted by Gasteiger charge is 2.21. The zero-order valence-corrected chi connectivity index (χ0v) is 12.0. The Morgan fingerprint density at radius 1 is 1.14 bits per heavy atom. The van der Waals surface area contributed by atoms with Gasteiger partial charge in [0.1, 0.15) is 11.4 Å². The highest BCUT2D eigenvalue weighted by molar-refractivity contribution is 7.23. The Labute approximate surface area is 124 Å². The van der Waals surface area contributed by atoms with Crippen molar-refractivity contribution in [2.75, 3.05) is 12.4 Å². The molecule has 3 aromatic rings. The summed E-state index contributed by atoms with van der Waals surface area (Å²) in [6.45, 7) is 0. The molecular formula is C15H12N2O3S. The third kappa shape index (κ3) is 2.53. The van der Waals surface area contributed by atoms with Crippen LogP contribution in [-0.4, -0.2) is 12.0 Å². The monoisotopic (exact) mass is 300 g/mol. The lowest BCUT2D eigenvalue weighted by molar-refractivity contribution is -0.379. The molecule has 5 nitrogen and oxygen atoms in total. The molecule has 3 rings (SSSR count). The van der Waals surface area contributed by atoms with E-state index < -0.39 is 0 Å². The molecule has 2 aromatic carbocycles. The Bertz CT molecular complexity index is 796. The smallest absolute Gasteiger partial charge is 0.348 e. The standard InChI is InChI=1S/C15H12N2O3S/c1-20-11-8-6-10(7-9-11)16-14-12-4-2-3-5-13(12)21-15(14)17(18)19/h2-9,16H,1H3. The van der Waals surface area contributed by atoms with Crippen LogP contribution in [0.25, 0.3) is 10.1 Å². The van der Waals surface area contributed by atoms with Gasteiger partial charge in [-0.15, -0.1) is 0 Å². The zero-order valence-electron chi connectivity index (χ0n) is 11.2. The van der Waals surface area contributed by atoms with E-state index in [2.05, 4.69) is 5.32 Å². The van der Waals surface area contributed by atoms with E-state index in [1.54, 1.807) is 7.11 Å². The molecule has 0 atom stereocenters. The number of hydrogen-bond donors (Lipinski definition) is 1. The Hall–Kier alpha value is -2.60. The van der Waals surface area contributed by atoms with Crippen LogP contribution in [0.2, 0.25) is 0 Å². The quantitative estimate of drug-likeness (QED) is 0.566. The van der Waals surface area contributed by atoms with Crippen molar-refractivity contribution in [1.82, 2.24) is 0 Å². The number of anilines is 2. The maximum Gasteiger partial charge on any atom is 0.348 e. The van der Waals surface area contributed by atoms with Crippen molar-refractivity contribution in [3.05, 3.63) is 58.6 Å². The molecule has 21 heavy (non-hydrogen) atoms. The molecule has 1 heterocycles. The number of methoxy groups -OCH3 is 1. The number of hydrogen-bond acceptors (Lipinski definition) is 5. The minimum Gasteiger partial charge on any atom is -0.497 e. The second-order valence-corrected chi connectivity index (χ2v) is 5.42. The molecule has 0 fully saturated rings. The van der Waals surface area contributed by atoms with Gasteiger partial charge in [0, 0.05) is 15.8 Å². The van der Waals surface area contributed by atoms with E-state index in [4.69, 9.17) is 4.74 Å². The van der Waals surface area contributed by atoms with E-state index >= 15 is 0 Å². The predicted molar refractivity (Wildman–Crippen MR) is 84.8 cm³/mol. The zero-order chi connectivity index (χ0) is 14.8. The summed E-state index contributed by atoms with van der Waals surface area (Å²) in [5.41, 5.74) is 1.31. The van der Waals surface area contributed by atoms with Crippen LogP contribution in [0.4, 0.5) is 16.4 Å². The Kier molecular flexibility index (Phi) is 3.45. The van der Waals surface area contributed by atoms with Crippen LogP contribution in [0.3, 0.4) is 0 Å². The molecule has 6 heteroatoms. The molecule has 0 bridgehead atoms. The lowest BCUT2D eigenvalue weighted by atomic mass is 10.2. The molecule has 0 aliphatic heterocycles. The fourth-order valence-corrected chi connectivity index (χ4v) is 3.07. The van der Waals surface area contributed by atoms with E-state index in [1.807, 2.05) is 48.5 Å². The average molecular weight is 300 g/mol. The minimum absolute atomic E-state index is 0.118. The summed E-state index contributed by atoms with van der Waals surface area (Å²) < 4.78 is 5.99. The van der Waals surface area contributed by atoms with E-state index in [0.717, 1.165) is 21.5 Å². The average Bonchev–Trinajstić information content (AvgIpc) is 2.87. The topological polar surface area (TPSA) is 64.4 Å².